The molecule has 30 heavy (non-hydrogen) atoms. The zero-order valence-corrected chi connectivity index (χ0v) is 16.7. The molecule has 8 nitrogen and oxygen atoms in total. The van der Waals surface area contributed by atoms with E-state index in [0.29, 0.717) is 30.8 Å². The molecular weight excluding hydrogens is 398 g/mol. The molecule has 0 aliphatic carbocycles. The molecule has 2 heterocycles. The van der Waals surface area contributed by atoms with E-state index >= 15 is 0 Å². The molecule has 1 saturated heterocycles. The number of halogens is 2. The van der Waals surface area contributed by atoms with E-state index in [2.05, 4.69) is 15.3 Å². The number of carbonyl (C=O) groups excluding carboxylic acids is 1. The summed E-state index contributed by atoms with van der Waals surface area (Å²) in [4.78, 5) is 21.1. The SMILES string of the molecule is Cc1ccc(C(O)(CO)C(F)F)cc1-c1cnc(N)c(C(=O)NC2(C)CCOC2)n1. The largest absolute Gasteiger partial charge is 0.393 e. The van der Waals surface area contributed by atoms with Crippen molar-refractivity contribution in [3.05, 3.63) is 41.2 Å². The van der Waals surface area contributed by atoms with Crippen LogP contribution in [0.1, 0.15) is 35.0 Å². The Bertz CT molecular complexity index is 950. The summed E-state index contributed by atoms with van der Waals surface area (Å²) in [5, 5.41) is 22.3. The lowest BCUT2D eigenvalue weighted by atomic mass is 9.91. The van der Waals surface area contributed by atoms with Crippen LogP contribution in [0.15, 0.2) is 24.4 Å². The normalized spacial score (nSPS) is 20.9. The average Bonchev–Trinajstić information content (AvgIpc) is 3.13. The maximum atomic E-state index is 13.3. The van der Waals surface area contributed by atoms with Gasteiger partial charge >= 0.3 is 0 Å². The Balaban J connectivity index is 2.00. The molecule has 3 rings (SSSR count). The van der Waals surface area contributed by atoms with E-state index in [4.69, 9.17) is 10.5 Å². The van der Waals surface area contributed by atoms with Gasteiger partial charge in [0.05, 0.1) is 30.6 Å². The molecule has 162 valence electrons. The number of ether oxygens (including phenoxy) is 1. The summed E-state index contributed by atoms with van der Waals surface area (Å²) >= 11 is 0. The molecule has 1 aliphatic heterocycles. The quantitative estimate of drug-likeness (QED) is 0.553. The molecule has 2 atom stereocenters. The summed E-state index contributed by atoms with van der Waals surface area (Å²) in [6, 6.07) is 4.12. The predicted molar refractivity (Wildman–Crippen MR) is 105 cm³/mol. The minimum atomic E-state index is -3.20. The molecule has 1 amide bonds. The van der Waals surface area contributed by atoms with E-state index in [9.17, 15) is 23.8 Å². The van der Waals surface area contributed by atoms with Gasteiger partial charge in [-0.15, -0.1) is 0 Å². The first-order valence-corrected chi connectivity index (χ1v) is 9.35. The van der Waals surface area contributed by atoms with Crippen LogP contribution in [0, 0.1) is 6.92 Å². The van der Waals surface area contributed by atoms with E-state index < -0.39 is 30.1 Å². The standard InChI is InChI=1S/C20H24F2N4O4/c1-11-3-4-12(20(29,9-27)18(21)22)7-13(11)14-8-24-16(23)15(25-14)17(28)26-19(2)5-6-30-10-19/h3-4,7-8,18,27,29H,5-6,9-10H2,1-2H3,(H2,23,24)(H,26,28). The van der Waals surface area contributed by atoms with E-state index in [1.54, 1.807) is 6.92 Å². The highest BCUT2D eigenvalue weighted by molar-refractivity contribution is 5.97. The average molecular weight is 422 g/mol. The third-order valence-corrected chi connectivity index (χ3v) is 5.27. The number of anilines is 1. The van der Waals surface area contributed by atoms with Gasteiger partial charge in [0.25, 0.3) is 12.3 Å². The topological polar surface area (TPSA) is 131 Å². The first-order valence-electron chi connectivity index (χ1n) is 9.35. The number of carbonyl (C=O) groups is 1. The summed E-state index contributed by atoms with van der Waals surface area (Å²) in [5.41, 5.74) is 3.53. The Morgan fingerprint density at radius 3 is 2.80 bits per heavy atom. The Morgan fingerprint density at radius 2 is 2.20 bits per heavy atom. The number of hydrogen-bond donors (Lipinski definition) is 4. The minimum Gasteiger partial charge on any atom is -0.393 e. The number of nitrogens with zero attached hydrogens (tertiary/aromatic N) is 2. The summed E-state index contributed by atoms with van der Waals surface area (Å²) < 4.78 is 32.0. The van der Waals surface area contributed by atoms with Crippen LogP contribution in [0.2, 0.25) is 0 Å². The van der Waals surface area contributed by atoms with Gasteiger partial charge < -0.3 is 26.0 Å². The molecule has 0 bridgehead atoms. The van der Waals surface area contributed by atoms with Crippen LogP contribution in [0.5, 0.6) is 0 Å². The highest BCUT2D eigenvalue weighted by atomic mass is 19.3. The number of aromatic nitrogens is 2. The molecule has 0 saturated carbocycles. The Morgan fingerprint density at radius 1 is 1.47 bits per heavy atom. The summed E-state index contributed by atoms with van der Waals surface area (Å²) in [6.07, 6.45) is -1.24. The van der Waals surface area contributed by atoms with Crippen molar-refractivity contribution >= 4 is 11.7 Å². The maximum absolute atomic E-state index is 13.3. The van der Waals surface area contributed by atoms with Crippen LogP contribution in [0.3, 0.4) is 0 Å². The molecule has 2 unspecified atom stereocenters. The number of rotatable bonds is 6. The van der Waals surface area contributed by atoms with Crippen molar-refractivity contribution in [1.29, 1.82) is 0 Å². The van der Waals surface area contributed by atoms with Gasteiger partial charge in [0, 0.05) is 12.2 Å². The van der Waals surface area contributed by atoms with Crippen molar-refractivity contribution in [2.24, 2.45) is 0 Å². The number of amides is 1. The monoisotopic (exact) mass is 422 g/mol. The Hall–Kier alpha value is -2.69. The van der Waals surface area contributed by atoms with Gasteiger partial charge in [-0.25, -0.2) is 18.7 Å². The lowest BCUT2D eigenvalue weighted by Gasteiger charge is -2.26. The second-order valence-corrected chi connectivity index (χ2v) is 7.72. The van der Waals surface area contributed by atoms with Crippen LogP contribution in [0.4, 0.5) is 14.6 Å². The lowest BCUT2D eigenvalue weighted by molar-refractivity contribution is -0.129. The number of nitrogen functional groups attached to an aromatic ring is 1. The van der Waals surface area contributed by atoms with Crippen LogP contribution in [0.25, 0.3) is 11.3 Å². The fraction of sp³-hybridized carbons (Fsp3) is 0.450. The van der Waals surface area contributed by atoms with Crippen LogP contribution in [-0.2, 0) is 10.3 Å². The minimum absolute atomic E-state index is 0.0768. The van der Waals surface area contributed by atoms with Crippen molar-refractivity contribution in [2.75, 3.05) is 25.6 Å². The van der Waals surface area contributed by atoms with Gasteiger partial charge in [-0.3, -0.25) is 4.79 Å². The van der Waals surface area contributed by atoms with Crippen LogP contribution >= 0.6 is 0 Å². The molecule has 0 radical (unpaired) electrons. The Labute approximate surface area is 172 Å². The molecule has 1 aromatic heterocycles. The number of aliphatic hydroxyl groups is 2. The summed E-state index contributed by atoms with van der Waals surface area (Å²) in [7, 11) is 0. The van der Waals surface area contributed by atoms with Crippen molar-refractivity contribution in [3.8, 4) is 11.3 Å². The molecule has 0 spiro atoms. The third kappa shape index (κ3) is 4.11. The first-order chi connectivity index (χ1) is 14.1. The molecule has 1 fully saturated rings. The van der Waals surface area contributed by atoms with E-state index in [-0.39, 0.29) is 22.8 Å². The van der Waals surface area contributed by atoms with Crippen molar-refractivity contribution in [1.82, 2.24) is 15.3 Å². The predicted octanol–water partition coefficient (Wildman–Crippen LogP) is 1.39. The van der Waals surface area contributed by atoms with Crippen molar-refractivity contribution in [2.45, 2.75) is 37.8 Å². The van der Waals surface area contributed by atoms with Gasteiger partial charge in [0.15, 0.2) is 17.1 Å². The number of hydrogen-bond acceptors (Lipinski definition) is 7. The fourth-order valence-corrected chi connectivity index (χ4v) is 3.25. The molecule has 10 heteroatoms. The van der Waals surface area contributed by atoms with Gasteiger partial charge in [0.2, 0.25) is 0 Å². The number of nitrogens with one attached hydrogen (secondary N) is 1. The van der Waals surface area contributed by atoms with Crippen LogP contribution < -0.4 is 11.1 Å². The first kappa shape index (κ1) is 22.0. The number of benzene rings is 1. The number of nitrogens with two attached hydrogens (primary N) is 1. The third-order valence-electron chi connectivity index (χ3n) is 5.27. The number of aryl methyl sites for hydroxylation is 1. The van der Waals surface area contributed by atoms with Gasteiger partial charge in [-0.1, -0.05) is 12.1 Å². The smallest absolute Gasteiger partial charge is 0.274 e. The number of alkyl halides is 2. The Kier molecular flexibility index (Phi) is 6.02. The molecule has 1 aliphatic rings. The van der Waals surface area contributed by atoms with E-state index in [0.717, 1.165) is 0 Å². The molecular formula is C20H24F2N4O4. The van der Waals surface area contributed by atoms with Gasteiger partial charge in [-0.2, -0.15) is 0 Å². The molecule has 2 aromatic rings. The highest BCUT2D eigenvalue weighted by Gasteiger charge is 2.39. The van der Waals surface area contributed by atoms with Crippen molar-refractivity contribution in [3.63, 3.8) is 0 Å². The van der Waals surface area contributed by atoms with Crippen molar-refractivity contribution < 1.29 is 28.5 Å². The summed E-state index contributed by atoms with van der Waals surface area (Å²) in [5.74, 6) is -0.602. The molecule has 1 aromatic carbocycles. The lowest BCUT2D eigenvalue weighted by Crippen LogP contribution is -2.46. The van der Waals surface area contributed by atoms with Crippen LogP contribution in [-0.4, -0.2) is 57.9 Å². The summed E-state index contributed by atoms with van der Waals surface area (Å²) in [6.45, 7) is 3.30. The van der Waals surface area contributed by atoms with E-state index in [1.165, 1.54) is 24.4 Å². The number of aliphatic hydroxyl groups excluding tert-OH is 1. The zero-order chi connectivity index (χ0) is 22.1. The highest BCUT2D eigenvalue weighted by Crippen LogP contribution is 2.32. The van der Waals surface area contributed by atoms with Gasteiger partial charge in [-0.05, 0) is 37.5 Å². The zero-order valence-electron chi connectivity index (χ0n) is 16.7. The second kappa shape index (κ2) is 8.21. The van der Waals surface area contributed by atoms with Gasteiger partial charge in [0.1, 0.15) is 0 Å². The fourth-order valence-electron chi connectivity index (χ4n) is 3.25. The maximum Gasteiger partial charge on any atom is 0.274 e. The second-order valence-electron chi connectivity index (χ2n) is 7.72. The van der Waals surface area contributed by atoms with E-state index in [1.807, 2.05) is 6.92 Å². The molecule has 5 N–H and O–H groups in total.